The summed E-state index contributed by atoms with van der Waals surface area (Å²) < 4.78 is 37.6. The first-order chi connectivity index (χ1) is 20.9. The number of hydrogen-bond donors (Lipinski definition) is 2. The third-order valence-corrected chi connectivity index (χ3v) is 9.72. The van der Waals surface area contributed by atoms with Gasteiger partial charge in [-0.2, -0.15) is 5.26 Å². The van der Waals surface area contributed by atoms with Gasteiger partial charge in [-0.3, -0.25) is 4.90 Å². The third-order valence-electron chi connectivity index (χ3n) is 8.15. The average molecular weight is 602 g/mol. The zero-order chi connectivity index (χ0) is 30.2. The van der Waals surface area contributed by atoms with Crippen LogP contribution in [0.2, 0.25) is 0 Å². The predicted molar refractivity (Wildman–Crippen MR) is 170 cm³/mol. The molecule has 9 nitrogen and oxygen atoms in total. The van der Waals surface area contributed by atoms with E-state index in [0.29, 0.717) is 29.9 Å². The van der Waals surface area contributed by atoms with Crippen molar-refractivity contribution < 1.29 is 17.9 Å². The molecule has 1 aliphatic carbocycles. The number of morpholine rings is 1. The number of nitriles is 1. The van der Waals surface area contributed by atoms with Crippen LogP contribution < -0.4 is 10.6 Å². The number of fused-ring (bicyclic) bond motifs is 1. The predicted octanol–water partition coefficient (Wildman–Crippen LogP) is 4.62. The Kier molecular flexibility index (Phi) is 10.1. The van der Waals surface area contributed by atoms with E-state index in [-0.39, 0.29) is 11.4 Å². The number of hydrogen-bond acceptors (Lipinski definition) is 8. The number of aromatic nitrogens is 1. The van der Waals surface area contributed by atoms with E-state index in [1.165, 1.54) is 20.0 Å². The number of nitrogens with one attached hydrogen (secondary N) is 2. The van der Waals surface area contributed by atoms with E-state index in [1.54, 1.807) is 24.3 Å². The van der Waals surface area contributed by atoms with Crippen molar-refractivity contribution in [3.8, 4) is 17.9 Å². The molecule has 2 N–H and O–H groups in total. The van der Waals surface area contributed by atoms with Gasteiger partial charge < -0.3 is 24.7 Å². The van der Waals surface area contributed by atoms with E-state index >= 15 is 0 Å². The molecule has 1 aliphatic heterocycles. The van der Waals surface area contributed by atoms with Crippen LogP contribution in [0, 0.1) is 23.2 Å². The van der Waals surface area contributed by atoms with Crippen molar-refractivity contribution in [1.29, 1.82) is 5.26 Å². The zero-order valence-electron chi connectivity index (χ0n) is 24.6. The maximum Gasteiger partial charge on any atom is 0.204 e. The largest absolute Gasteiger partial charge is 0.382 e. The number of anilines is 2. The van der Waals surface area contributed by atoms with Crippen molar-refractivity contribution in [3.63, 3.8) is 0 Å². The summed E-state index contributed by atoms with van der Waals surface area (Å²) in [5.74, 6) is 5.98. The first kappa shape index (κ1) is 30.7. The van der Waals surface area contributed by atoms with Crippen molar-refractivity contribution in [2.45, 2.75) is 49.2 Å². The SMILES string of the molecule is C=C(C#N)Cn1c(C#CCNc2ccccc2S(=O)(=O)COC)cc2c(NC3CCC(N4CCOCC4)CC3)cccc21. The molecule has 0 spiro atoms. The standard InChI is InChI=1S/C33H39N5O4S/c1-25(22-34)23-38-28(7-6-16-35-31-8-3-4-11-33(31)43(39,40)24-41-2)21-29-30(9-5-10-32(29)38)36-26-12-14-27(15-13-26)37-17-19-42-20-18-37/h3-5,8-11,21,26-27,35-36H,1,12-20,23-24H2,2H3. The Morgan fingerprint density at radius 1 is 1.09 bits per heavy atom. The third kappa shape index (κ3) is 7.41. The van der Waals surface area contributed by atoms with Gasteiger partial charge >= 0.3 is 0 Å². The van der Waals surface area contributed by atoms with Gasteiger partial charge in [0.05, 0.1) is 54.2 Å². The molecule has 1 saturated carbocycles. The molecule has 10 heteroatoms. The highest BCUT2D eigenvalue weighted by molar-refractivity contribution is 7.91. The Morgan fingerprint density at radius 3 is 2.58 bits per heavy atom. The van der Waals surface area contributed by atoms with Crippen molar-refractivity contribution in [1.82, 2.24) is 9.47 Å². The maximum absolute atomic E-state index is 12.6. The summed E-state index contributed by atoms with van der Waals surface area (Å²) in [6.45, 7) is 8.20. The summed E-state index contributed by atoms with van der Waals surface area (Å²) in [6, 6.07) is 18.2. The molecule has 5 rings (SSSR count). The van der Waals surface area contributed by atoms with Crippen LogP contribution in [0.3, 0.4) is 0 Å². The van der Waals surface area contributed by atoms with Crippen molar-refractivity contribution in [3.05, 3.63) is 66.4 Å². The normalized spacial score (nSPS) is 19.3. The number of rotatable bonds is 10. The molecular formula is C33H39N5O4S. The minimum atomic E-state index is -3.59. The molecule has 0 atom stereocenters. The first-order valence-corrected chi connectivity index (χ1v) is 16.4. The van der Waals surface area contributed by atoms with E-state index in [1.807, 2.05) is 16.7 Å². The van der Waals surface area contributed by atoms with Gasteiger partial charge in [-0.1, -0.05) is 30.7 Å². The molecule has 2 aliphatic rings. The Bertz CT molecular complexity index is 1650. The van der Waals surface area contributed by atoms with Gasteiger partial charge in [0.1, 0.15) is 0 Å². The Balaban J connectivity index is 1.33. The number of methoxy groups -OCH3 is 1. The van der Waals surface area contributed by atoms with E-state index in [2.05, 4.69) is 52.2 Å². The minimum absolute atomic E-state index is 0.174. The summed E-state index contributed by atoms with van der Waals surface area (Å²) >= 11 is 0. The van der Waals surface area contributed by atoms with Gasteiger partial charge in [0.15, 0.2) is 5.94 Å². The molecule has 43 heavy (non-hydrogen) atoms. The van der Waals surface area contributed by atoms with Crippen LogP contribution in [-0.4, -0.2) is 75.9 Å². The zero-order valence-corrected chi connectivity index (χ0v) is 25.5. The van der Waals surface area contributed by atoms with E-state index in [4.69, 9.17) is 9.47 Å². The lowest BCUT2D eigenvalue weighted by Crippen LogP contribution is -2.46. The monoisotopic (exact) mass is 601 g/mol. The van der Waals surface area contributed by atoms with Gasteiger partial charge in [0, 0.05) is 48.9 Å². The second kappa shape index (κ2) is 14.1. The van der Waals surface area contributed by atoms with Crippen molar-refractivity contribution in [2.75, 3.05) is 56.5 Å². The number of para-hydroxylation sites is 1. The van der Waals surface area contributed by atoms with Gasteiger partial charge in [-0.05, 0) is 61.9 Å². The van der Waals surface area contributed by atoms with Gasteiger partial charge in [0.2, 0.25) is 9.84 Å². The average Bonchev–Trinajstić information content (AvgIpc) is 3.38. The van der Waals surface area contributed by atoms with Crippen LogP contribution in [-0.2, 0) is 25.9 Å². The molecule has 2 heterocycles. The summed E-state index contributed by atoms with van der Waals surface area (Å²) in [6.07, 6.45) is 4.58. The highest BCUT2D eigenvalue weighted by Crippen LogP contribution is 2.32. The molecular weight excluding hydrogens is 562 g/mol. The second-order valence-electron chi connectivity index (χ2n) is 11.0. The molecule has 226 valence electrons. The fourth-order valence-electron chi connectivity index (χ4n) is 6.04. The molecule has 1 saturated heterocycles. The molecule has 3 aromatic rings. The highest BCUT2D eigenvalue weighted by Gasteiger charge is 2.27. The molecule has 0 amide bonds. The maximum atomic E-state index is 12.6. The molecule has 0 bridgehead atoms. The van der Waals surface area contributed by atoms with Crippen LogP contribution >= 0.6 is 0 Å². The minimum Gasteiger partial charge on any atom is -0.382 e. The summed E-state index contributed by atoms with van der Waals surface area (Å²) in [5, 5.41) is 17.5. The number of ether oxygens (including phenoxy) is 2. The second-order valence-corrected chi connectivity index (χ2v) is 12.9. The molecule has 0 unspecified atom stereocenters. The van der Waals surface area contributed by atoms with Gasteiger partial charge in [-0.25, -0.2) is 8.42 Å². The lowest BCUT2D eigenvalue weighted by molar-refractivity contribution is 0.00791. The van der Waals surface area contributed by atoms with Crippen LogP contribution in [0.25, 0.3) is 10.9 Å². The van der Waals surface area contributed by atoms with E-state index in [0.717, 1.165) is 61.4 Å². The van der Waals surface area contributed by atoms with Crippen LogP contribution in [0.5, 0.6) is 0 Å². The van der Waals surface area contributed by atoms with Crippen LogP contribution in [0.1, 0.15) is 31.4 Å². The molecule has 1 aromatic heterocycles. The van der Waals surface area contributed by atoms with Crippen molar-refractivity contribution >= 4 is 32.1 Å². The molecule has 0 radical (unpaired) electrons. The lowest BCUT2D eigenvalue weighted by Gasteiger charge is -2.39. The van der Waals surface area contributed by atoms with E-state index < -0.39 is 15.8 Å². The summed E-state index contributed by atoms with van der Waals surface area (Å²) in [5.41, 5.74) is 3.72. The quantitative estimate of drug-likeness (QED) is 0.256. The first-order valence-electron chi connectivity index (χ1n) is 14.7. The number of benzene rings is 2. The summed E-state index contributed by atoms with van der Waals surface area (Å²) in [7, 11) is -2.23. The van der Waals surface area contributed by atoms with Gasteiger partial charge in [0.25, 0.3) is 0 Å². The molecule has 2 fully saturated rings. The highest BCUT2D eigenvalue weighted by atomic mass is 32.2. The van der Waals surface area contributed by atoms with Crippen molar-refractivity contribution in [2.24, 2.45) is 0 Å². The van der Waals surface area contributed by atoms with E-state index in [9.17, 15) is 13.7 Å². The fourth-order valence-corrected chi connectivity index (χ4v) is 7.23. The number of allylic oxidation sites excluding steroid dienone is 1. The van der Waals surface area contributed by atoms with Crippen LogP contribution in [0.4, 0.5) is 11.4 Å². The Labute approximate surface area is 254 Å². The lowest BCUT2D eigenvalue weighted by atomic mass is 9.89. The number of nitrogens with zero attached hydrogens (tertiary/aromatic N) is 3. The van der Waals surface area contributed by atoms with Crippen LogP contribution in [0.15, 0.2) is 65.6 Å². The topological polar surface area (TPSA) is 109 Å². The fraction of sp³-hybridized carbons (Fsp3) is 0.424. The Hall–Kier alpha value is -3.80. The molecule has 2 aromatic carbocycles. The number of sulfone groups is 1. The Morgan fingerprint density at radius 2 is 1.84 bits per heavy atom. The summed E-state index contributed by atoms with van der Waals surface area (Å²) in [4.78, 5) is 2.76. The smallest absolute Gasteiger partial charge is 0.204 e. The van der Waals surface area contributed by atoms with Gasteiger partial charge in [-0.15, -0.1) is 0 Å².